The van der Waals surface area contributed by atoms with Gasteiger partial charge in [-0.1, -0.05) is 19.3 Å². The molecule has 1 rings (SSSR count). The first-order valence-corrected chi connectivity index (χ1v) is 3.07. The molecule has 2 radical (unpaired) electrons. The second kappa shape index (κ2) is 4.59. The Morgan fingerprint density at radius 1 is 1.00 bits per heavy atom. The summed E-state index contributed by atoms with van der Waals surface area (Å²) in [5, 5.41) is 8.91. The van der Waals surface area contributed by atoms with Gasteiger partial charge in [-0.2, -0.15) is 0 Å². The van der Waals surface area contributed by atoms with Gasteiger partial charge in [0, 0.05) is 23.1 Å². The Bertz CT molecular complexity index is 50.5. The molecule has 1 aliphatic carbocycles. The molecule has 0 bridgehead atoms. The quantitative estimate of drug-likeness (QED) is 0.477. The lowest BCUT2D eigenvalue weighted by Gasteiger charge is -2.14. The van der Waals surface area contributed by atoms with E-state index in [1.807, 2.05) is 0 Å². The topological polar surface area (TPSA) is 20.2 Å². The molecule has 1 fully saturated rings. The molecule has 0 saturated heterocycles. The third kappa shape index (κ3) is 2.90. The van der Waals surface area contributed by atoms with Crippen LogP contribution in [0, 0.1) is 0 Å². The minimum atomic E-state index is 0. The zero-order valence-corrected chi connectivity index (χ0v) is 6.68. The third-order valence-electron chi connectivity index (χ3n) is 1.57. The van der Waals surface area contributed by atoms with Crippen LogP contribution < -0.4 is 0 Å². The van der Waals surface area contributed by atoms with E-state index in [4.69, 9.17) is 5.11 Å². The van der Waals surface area contributed by atoms with Gasteiger partial charge < -0.3 is 5.11 Å². The lowest BCUT2D eigenvalue weighted by molar-refractivity contribution is 0.130. The van der Waals surface area contributed by atoms with E-state index >= 15 is 0 Å². The van der Waals surface area contributed by atoms with E-state index in [0.29, 0.717) is 0 Å². The Labute approximate surface area is 66.6 Å². The van der Waals surface area contributed by atoms with Gasteiger partial charge in [0.05, 0.1) is 6.10 Å². The van der Waals surface area contributed by atoms with Crippen LogP contribution in [-0.2, 0) is 0 Å². The van der Waals surface area contributed by atoms with Gasteiger partial charge in [0.1, 0.15) is 0 Å². The van der Waals surface area contributed by atoms with Crippen molar-refractivity contribution in [1.29, 1.82) is 0 Å². The van der Waals surface area contributed by atoms with Crippen molar-refractivity contribution in [3.63, 3.8) is 0 Å². The van der Waals surface area contributed by atoms with Crippen molar-refractivity contribution in [2.24, 2.45) is 0 Å². The van der Waals surface area contributed by atoms with Crippen LogP contribution in [0.15, 0.2) is 0 Å². The summed E-state index contributed by atoms with van der Waals surface area (Å²) in [5.74, 6) is 0. The van der Waals surface area contributed by atoms with Gasteiger partial charge in [0.15, 0.2) is 0 Å². The molecule has 0 aromatic carbocycles. The maximum atomic E-state index is 8.91. The fraction of sp³-hybridized carbons (Fsp3) is 1.00. The fourth-order valence-corrected chi connectivity index (χ4v) is 1.08. The van der Waals surface area contributed by atoms with Crippen LogP contribution in [-0.4, -0.2) is 34.3 Å². The number of hydrogen-bond acceptors (Lipinski definition) is 1. The molecular formula is C6H12MgO. The first-order valence-electron chi connectivity index (χ1n) is 3.07. The highest BCUT2D eigenvalue weighted by Gasteiger charge is 2.07. The van der Waals surface area contributed by atoms with Crippen molar-refractivity contribution < 1.29 is 5.11 Å². The zero-order valence-electron chi connectivity index (χ0n) is 5.27. The van der Waals surface area contributed by atoms with E-state index < -0.39 is 0 Å². The monoisotopic (exact) mass is 124 g/mol. The molecule has 0 aliphatic heterocycles. The summed E-state index contributed by atoms with van der Waals surface area (Å²) in [4.78, 5) is 0. The highest BCUT2D eigenvalue weighted by atomic mass is 24.3. The van der Waals surface area contributed by atoms with Gasteiger partial charge in [-0.25, -0.2) is 0 Å². The van der Waals surface area contributed by atoms with E-state index in [-0.39, 0.29) is 29.2 Å². The first-order chi connectivity index (χ1) is 3.39. The van der Waals surface area contributed by atoms with Crippen molar-refractivity contribution in [1.82, 2.24) is 0 Å². The predicted octanol–water partition coefficient (Wildman–Crippen LogP) is 0.931. The lowest BCUT2D eigenvalue weighted by Crippen LogP contribution is -2.09. The van der Waals surface area contributed by atoms with Crippen LogP contribution in [0.4, 0.5) is 0 Å². The summed E-state index contributed by atoms with van der Waals surface area (Å²) in [6, 6.07) is 0. The molecule has 0 aromatic heterocycles. The van der Waals surface area contributed by atoms with Crippen molar-refractivity contribution in [2.45, 2.75) is 38.2 Å². The number of hydrogen-bond donors (Lipinski definition) is 1. The van der Waals surface area contributed by atoms with E-state index in [1.165, 1.54) is 19.3 Å². The van der Waals surface area contributed by atoms with Crippen molar-refractivity contribution in [2.75, 3.05) is 0 Å². The van der Waals surface area contributed by atoms with E-state index in [2.05, 4.69) is 0 Å². The maximum absolute atomic E-state index is 8.91. The fourth-order valence-electron chi connectivity index (χ4n) is 1.08. The summed E-state index contributed by atoms with van der Waals surface area (Å²) in [6.07, 6.45) is 5.92. The minimum Gasteiger partial charge on any atom is -0.393 e. The summed E-state index contributed by atoms with van der Waals surface area (Å²) >= 11 is 0. The predicted molar refractivity (Wildman–Crippen MR) is 34.8 cm³/mol. The zero-order chi connectivity index (χ0) is 5.11. The van der Waals surface area contributed by atoms with Crippen LogP contribution in [0.25, 0.3) is 0 Å². The SMILES string of the molecule is OC1CCCCC1.[Mg]. The molecule has 1 aliphatic rings. The van der Waals surface area contributed by atoms with Crippen LogP contribution in [0.2, 0.25) is 0 Å². The number of aliphatic hydroxyl groups excluding tert-OH is 1. The highest BCUT2D eigenvalue weighted by Crippen LogP contribution is 2.16. The Balaban J connectivity index is 0.000000490. The second-order valence-electron chi connectivity index (χ2n) is 2.29. The molecule has 8 heavy (non-hydrogen) atoms. The van der Waals surface area contributed by atoms with Crippen LogP contribution in [0.1, 0.15) is 32.1 Å². The minimum absolute atomic E-state index is 0. The molecule has 0 spiro atoms. The van der Waals surface area contributed by atoms with Crippen LogP contribution in [0.5, 0.6) is 0 Å². The average molecular weight is 124 g/mol. The van der Waals surface area contributed by atoms with Crippen LogP contribution in [0.3, 0.4) is 0 Å². The second-order valence-corrected chi connectivity index (χ2v) is 2.29. The molecule has 1 nitrogen and oxygen atoms in total. The smallest absolute Gasteiger partial charge is 0.0540 e. The maximum Gasteiger partial charge on any atom is 0.0540 e. The number of aliphatic hydroxyl groups is 1. The van der Waals surface area contributed by atoms with Gasteiger partial charge in [-0.3, -0.25) is 0 Å². The number of rotatable bonds is 0. The third-order valence-corrected chi connectivity index (χ3v) is 1.57. The molecule has 0 heterocycles. The molecular weight excluding hydrogens is 112 g/mol. The van der Waals surface area contributed by atoms with Gasteiger partial charge in [0.2, 0.25) is 0 Å². The molecule has 0 amide bonds. The summed E-state index contributed by atoms with van der Waals surface area (Å²) in [7, 11) is 0. The Kier molecular flexibility index (Phi) is 5.01. The molecule has 44 valence electrons. The Morgan fingerprint density at radius 3 is 1.75 bits per heavy atom. The molecule has 0 atom stereocenters. The van der Waals surface area contributed by atoms with E-state index in [1.54, 1.807) is 0 Å². The molecule has 1 saturated carbocycles. The summed E-state index contributed by atoms with van der Waals surface area (Å²) < 4.78 is 0. The Hall–Kier alpha value is 0.726. The summed E-state index contributed by atoms with van der Waals surface area (Å²) in [5.41, 5.74) is 0. The van der Waals surface area contributed by atoms with E-state index in [0.717, 1.165) is 12.8 Å². The molecule has 0 aromatic rings. The summed E-state index contributed by atoms with van der Waals surface area (Å²) in [6.45, 7) is 0. The van der Waals surface area contributed by atoms with Crippen molar-refractivity contribution in [3.8, 4) is 0 Å². The first kappa shape index (κ1) is 8.73. The van der Waals surface area contributed by atoms with Gasteiger partial charge >= 0.3 is 0 Å². The van der Waals surface area contributed by atoms with Gasteiger partial charge in [0.25, 0.3) is 0 Å². The Morgan fingerprint density at radius 2 is 1.50 bits per heavy atom. The van der Waals surface area contributed by atoms with Crippen LogP contribution >= 0.6 is 0 Å². The molecule has 2 heteroatoms. The van der Waals surface area contributed by atoms with Crippen molar-refractivity contribution in [3.05, 3.63) is 0 Å². The van der Waals surface area contributed by atoms with Crippen molar-refractivity contribution >= 4 is 23.1 Å². The van der Waals surface area contributed by atoms with Gasteiger partial charge in [-0.05, 0) is 12.8 Å². The largest absolute Gasteiger partial charge is 0.393 e. The molecule has 1 N–H and O–H groups in total. The van der Waals surface area contributed by atoms with E-state index in [9.17, 15) is 0 Å². The van der Waals surface area contributed by atoms with Gasteiger partial charge in [-0.15, -0.1) is 0 Å². The normalized spacial score (nSPS) is 22.1. The molecule has 0 unspecified atom stereocenters. The lowest BCUT2D eigenvalue weighted by atomic mass is 9.98. The standard InChI is InChI=1S/C6H12O.Mg/c7-6-4-2-1-3-5-6;/h6-7H,1-5H2;. The highest BCUT2D eigenvalue weighted by molar-refractivity contribution is 5.75. The average Bonchev–Trinajstić information content (AvgIpc) is 1.69.